The molecule has 12 nitrogen and oxygen atoms in total. The van der Waals surface area contributed by atoms with E-state index in [0.717, 1.165) is 0 Å². The Hall–Kier alpha value is -4.14. The third-order valence-electron chi connectivity index (χ3n) is 6.48. The average molecular weight is 590 g/mol. The maximum atomic E-state index is 13.3. The van der Waals surface area contributed by atoms with Crippen LogP contribution in [0, 0.1) is 0 Å². The van der Waals surface area contributed by atoms with Gasteiger partial charge in [0.15, 0.2) is 5.65 Å². The number of nitrogens with one attached hydrogen (secondary N) is 1. The normalized spacial score (nSPS) is 14.1. The minimum Gasteiger partial charge on any atom is -0.434 e. The minimum atomic E-state index is -3.12. The van der Waals surface area contributed by atoms with Gasteiger partial charge in [0.1, 0.15) is 23.6 Å². The monoisotopic (exact) mass is 589 g/mol. The fourth-order valence-electron chi connectivity index (χ4n) is 4.59. The number of fused-ring (bicyclic) bond motifs is 1. The Labute approximate surface area is 237 Å². The molecule has 0 unspecified atom stereocenters. The van der Waals surface area contributed by atoms with Crippen LogP contribution in [0.4, 0.5) is 14.5 Å². The van der Waals surface area contributed by atoms with E-state index in [4.69, 9.17) is 21.4 Å². The highest BCUT2D eigenvalue weighted by Gasteiger charge is 2.26. The molecule has 2 N–H and O–H groups in total. The Bertz CT molecular complexity index is 1540. The number of carbonyl (C=O) groups is 2. The number of amides is 2. The summed E-state index contributed by atoms with van der Waals surface area (Å²) in [5, 5.41) is 20.5. The van der Waals surface area contributed by atoms with Crippen molar-refractivity contribution in [2.24, 2.45) is 0 Å². The smallest absolute Gasteiger partial charge is 0.387 e. The average Bonchev–Trinajstić information content (AvgIpc) is 3.57. The molecule has 2 amide bonds. The molecule has 1 fully saturated rings. The summed E-state index contributed by atoms with van der Waals surface area (Å²) >= 11 is 6.17. The first-order valence-electron chi connectivity index (χ1n) is 12.7. The van der Waals surface area contributed by atoms with Gasteiger partial charge in [-0.15, -0.1) is 0 Å². The summed E-state index contributed by atoms with van der Waals surface area (Å²) < 4.78 is 39.4. The number of rotatable bonds is 10. The minimum absolute atomic E-state index is 0.0326. The molecule has 1 aliphatic heterocycles. The zero-order valence-corrected chi connectivity index (χ0v) is 22.4. The second-order valence-corrected chi connectivity index (χ2v) is 9.62. The van der Waals surface area contributed by atoms with Crippen molar-refractivity contribution in [2.45, 2.75) is 32.1 Å². The van der Waals surface area contributed by atoms with Gasteiger partial charge in [-0.25, -0.2) is 9.50 Å². The molecule has 0 saturated carbocycles. The first-order chi connectivity index (χ1) is 19.8. The van der Waals surface area contributed by atoms with E-state index >= 15 is 0 Å². The molecule has 1 aromatic carbocycles. The molecular formula is C26H26ClF2N7O5. The summed E-state index contributed by atoms with van der Waals surface area (Å²) in [7, 11) is 0. The molecule has 3 aromatic heterocycles. The molecule has 0 atom stereocenters. The summed E-state index contributed by atoms with van der Waals surface area (Å²) in [5.41, 5.74) is 0.784. The molecule has 0 bridgehead atoms. The zero-order chi connectivity index (χ0) is 28.9. The lowest BCUT2D eigenvalue weighted by atomic mass is 10.1. The number of aliphatic hydroxyl groups excluding tert-OH is 1. The first kappa shape index (κ1) is 28.4. The molecule has 41 heavy (non-hydrogen) atoms. The van der Waals surface area contributed by atoms with Crippen molar-refractivity contribution in [2.75, 3.05) is 31.6 Å². The van der Waals surface area contributed by atoms with Crippen LogP contribution in [0.3, 0.4) is 0 Å². The molecule has 216 valence electrons. The Morgan fingerprint density at radius 1 is 1.24 bits per heavy atom. The van der Waals surface area contributed by atoms with Gasteiger partial charge in [-0.1, -0.05) is 11.6 Å². The van der Waals surface area contributed by atoms with E-state index in [-0.39, 0.29) is 65.1 Å². The highest BCUT2D eigenvalue weighted by atomic mass is 35.5. The molecule has 0 spiro atoms. The molecule has 15 heteroatoms. The molecule has 1 aliphatic rings. The van der Waals surface area contributed by atoms with Crippen molar-refractivity contribution in [3.05, 3.63) is 59.6 Å². The predicted molar refractivity (Wildman–Crippen MR) is 143 cm³/mol. The topological polar surface area (TPSA) is 136 Å². The summed E-state index contributed by atoms with van der Waals surface area (Å²) in [6.07, 6.45) is 7.16. The van der Waals surface area contributed by atoms with Gasteiger partial charge in [0.05, 0.1) is 31.2 Å². The number of aromatic nitrogens is 5. The second kappa shape index (κ2) is 12.6. The van der Waals surface area contributed by atoms with Crippen molar-refractivity contribution in [3.63, 3.8) is 0 Å². The number of anilines is 1. The van der Waals surface area contributed by atoms with Crippen LogP contribution in [0.25, 0.3) is 16.9 Å². The van der Waals surface area contributed by atoms with Gasteiger partial charge in [-0.2, -0.15) is 19.0 Å². The first-order valence-corrected chi connectivity index (χ1v) is 13.1. The Balaban J connectivity index is 1.43. The van der Waals surface area contributed by atoms with Crippen LogP contribution in [0.2, 0.25) is 5.02 Å². The van der Waals surface area contributed by atoms with Crippen LogP contribution in [0.1, 0.15) is 23.2 Å². The number of nitrogens with zero attached hydrogens (tertiary/aromatic N) is 6. The summed E-state index contributed by atoms with van der Waals surface area (Å²) in [6, 6.07) is 5.71. The van der Waals surface area contributed by atoms with Crippen molar-refractivity contribution < 1.29 is 33.0 Å². The maximum absolute atomic E-state index is 13.3. The number of carbonyl (C=O) groups excluding carboxylic acids is 2. The molecule has 0 aliphatic carbocycles. The van der Waals surface area contributed by atoms with Gasteiger partial charge in [-0.05, 0) is 37.1 Å². The van der Waals surface area contributed by atoms with Crippen LogP contribution < -0.4 is 10.1 Å². The van der Waals surface area contributed by atoms with Gasteiger partial charge in [0.2, 0.25) is 5.91 Å². The predicted octanol–water partition coefficient (Wildman–Crippen LogP) is 3.10. The van der Waals surface area contributed by atoms with Crippen molar-refractivity contribution in [3.8, 4) is 17.0 Å². The van der Waals surface area contributed by atoms with Crippen LogP contribution in [-0.4, -0.2) is 85.2 Å². The molecular weight excluding hydrogens is 564 g/mol. The van der Waals surface area contributed by atoms with E-state index in [1.165, 1.54) is 46.0 Å². The van der Waals surface area contributed by atoms with E-state index in [9.17, 15) is 18.4 Å². The lowest BCUT2D eigenvalue weighted by molar-refractivity contribution is -0.134. The van der Waals surface area contributed by atoms with Crippen molar-refractivity contribution in [1.82, 2.24) is 29.3 Å². The number of ether oxygens (including phenoxy) is 2. The lowest BCUT2D eigenvalue weighted by Crippen LogP contribution is -2.42. The maximum Gasteiger partial charge on any atom is 0.387 e. The molecule has 5 rings (SSSR count). The van der Waals surface area contributed by atoms with Crippen LogP contribution in [0.5, 0.6) is 5.75 Å². The number of hydrogen-bond acceptors (Lipinski definition) is 8. The second-order valence-electron chi connectivity index (χ2n) is 9.18. The van der Waals surface area contributed by atoms with Crippen LogP contribution in [0.15, 0.2) is 49.1 Å². The number of aliphatic hydroxyl groups is 1. The van der Waals surface area contributed by atoms with Crippen molar-refractivity contribution in [1.29, 1.82) is 0 Å². The number of benzene rings is 1. The van der Waals surface area contributed by atoms with Crippen LogP contribution in [-0.2, 0) is 16.1 Å². The standard InChI is InChI=1S/C26H26ClF2N7O5/c27-16-2-3-21(41-26(28)29)18(12-16)23-20(32-25(39)19-13-31-36-7-1-6-30-24(19)36)14-35(33-23)15-22(38)34-8-4-17(5-9-34)40-11-10-37/h1-3,6-7,12-14,17,26,37H,4-5,8-11,15H2,(H,32,39). The van der Waals surface area contributed by atoms with E-state index in [2.05, 4.69) is 25.2 Å². The molecule has 4 aromatic rings. The number of alkyl halides is 2. The van der Waals surface area contributed by atoms with Gasteiger partial charge in [0, 0.05) is 42.3 Å². The largest absolute Gasteiger partial charge is 0.434 e. The summed E-state index contributed by atoms with van der Waals surface area (Å²) in [5.74, 6) is -1.01. The fraction of sp³-hybridized carbons (Fsp3) is 0.346. The highest BCUT2D eigenvalue weighted by Crippen LogP contribution is 2.37. The molecule has 0 radical (unpaired) electrons. The van der Waals surface area contributed by atoms with Gasteiger partial charge >= 0.3 is 6.61 Å². The van der Waals surface area contributed by atoms with Crippen molar-refractivity contribution >= 4 is 34.7 Å². The zero-order valence-electron chi connectivity index (χ0n) is 21.6. The van der Waals surface area contributed by atoms with E-state index < -0.39 is 12.5 Å². The summed E-state index contributed by atoms with van der Waals surface area (Å²) in [6.45, 7) is -2.18. The SMILES string of the molecule is O=C(Nc1cn(CC(=O)N2CCC(OCCO)CC2)nc1-c1cc(Cl)ccc1OC(F)F)c1cnn2cccnc12. The molecule has 1 saturated heterocycles. The van der Waals surface area contributed by atoms with Crippen LogP contribution >= 0.6 is 11.6 Å². The number of likely N-dealkylation sites (tertiary alicyclic amines) is 1. The van der Waals surface area contributed by atoms with E-state index in [1.54, 1.807) is 17.2 Å². The Kier molecular flexibility index (Phi) is 8.71. The number of hydrogen-bond donors (Lipinski definition) is 2. The fourth-order valence-corrected chi connectivity index (χ4v) is 4.76. The van der Waals surface area contributed by atoms with Gasteiger partial charge < -0.3 is 24.8 Å². The van der Waals surface area contributed by atoms with Gasteiger partial charge in [0.25, 0.3) is 5.91 Å². The quantitative estimate of drug-likeness (QED) is 0.288. The molecule has 4 heterocycles. The Morgan fingerprint density at radius 2 is 2.05 bits per heavy atom. The summed E-state index contributed by atoms with van der Waals surface area (Å²) in [4.78, 5) is 32.2. The number of halogens is 3. The highest BCUT2D eigenvalue weighted by molar-refractivity contribution is 6.31. The third-order valence-corrected chi connectivity index (χ3v) is 6.72. The number of piperidine rings is 1. The third kappa shape index (κ3) is 6.61. The van der Waals surface area contributed by atoms with Gasteiger partial charge in [-0.3, -0.25) is 14.3 Å². The Morgan fingerprint density at radius 3 is 2.80 bits per heavy atom. The van der Waals surface area contributed by atoms with E-state index in [0.29, 0.717) is 31.6 Å². The lowest BCUT2D eigenvalue weighted by Gasteiger charge is -2.31. The van der Waals surface area contributed by atoms with E-state index in [1.807, 2.05) is 0 Å².